The monoisotopic (exact) mass is 405 g/mol. The van der Waals surface area contributed by atoms with E-state index in [-0.39, 0.29) is 11.7 Å². The number of carbonyl (C=O) groups is 1. The number of amides is 1. The van der Waals surface area contributed by atoms with Crippen molar-refractivity contribution in [1.82, 2.24) is 5.32 Å². The molecule has 0 aromatic heterocycles. The maximum atomic E-state index is 12.2. The summed E-state index contributed by atoms with van der Waals surface area (Å²) in [5.74, 6) is 0.609. The lowest BCUT2D eigenvalue weighted by molar-refractivity contribution is -0.117. The first kappa shape index (κ1) is 21.7. The minimum absolute atomic E-state index is 0.00672. The summed E-state index contributed by atoms with van der Waals surface area (Å²) in [5, 5.41) is 13.4. The number of hydrogen-bond donors (Lipinski definition) is 2. The van der Waals surface area contributed by atoms with Crippen molar-refractivity contribution < 1.29 is 14.6 Å². The highest BCUT2D eigenvalue weighted by molar-refractivity contribution is 5.97. The summed E-state index contributed by atoms with van der Waals surface area (Å²) >= 11 is 0. The number of carbonyl (C=O) groups excluding carboxylic acids is 1. The van der Waals surface area contributed by atoms with Crippen molar-refractivity contribution in [2.24, 2.45) is 0 Å². The average Bonchev–Trinajstić information content (AvgIpc) is 3.49. The Labute approximate surface area is 179 Å². The molecule has 1 amide bonds. The van der Waals surface area contributed by atoms with E-state index in [0.29, 0.717) is 24.0 Å². The molecule has 0 saturated heterocycles. The number of allylic oxidation sites excluding steroid dienone is 1. The van der Waals surface area contributed by atoms with Crippen LogP contribution in [0.15, 0.2) is 47.6 Å². The lowest BCUT2D eigenvalue weighted by Crippen LogP contribution is -2.25. The molecule has 2 aromatic rings. The molecule has 0 bridgehead atoms. The molecule has 2 N–H and O–H groups in total. The fraction of sp³-hybridized carbons (Fsp3) is 0.346. The van der Waals surface area contributed by atoms with Gasteiger partial charge in [-0.3, -0.25) is 4.79 Å². The van der Waals surface area contributed by atoms with Crippen LogP contribution < -0.4 is 10.1 Å². The fourth-order valence-corrected chi connectivity index (χ4v) is 3.24. The SMILES string of the molecule is CC(C)=CCOc1ccc(-c2cc(C)c(C=C(C)C(=O)NC3CC3)cc2C)cc1O. The zero-order valence-corrected chi connectivity index (χ0v) is 18.5. The number of benzene rings is 2. The quantitative estimate of drug-likeness (QED) is 0.459. The molecular formula is C26H31NO3. The van der Waals surface area contributed by atoms with E-state index in [1.165, 1.54) is 5.57 Å². The Morgan fingerprint density at radius 2 is 1.87 bits per heavy atom. The third-order valence-electron chi connectivity index (χ3n) is 5.26. The van der Waals surface area contributed by atoms with Crippen LogP contribution in [0.25, 0.3) is 17.2 Å². The molecule has 0 atom stereocenters. The summed E-state index contributed by atoms with van der Waals surface area (Å²) in [5.41, 5.74) is 7.07. The molecule has 0 unspecified atom stereocenters. The molecule has 0 spiro atoms. The van der Waals surface area contributed by atoms with E-state index in [2.05, 4.69) is 17.4 Å². The molecule has 1 fully saturated rings. The molecule has 0 heterocycles. The van der Waals surface area contributed by atoms with Gasteiger partial charge < -0.3 is 15.2 Å². The molecule has 0 radical (unpaired) electrons. The number of hydrogen-bond acceptors (Lipinski definition) is 3. The molecular weight excluding hydrogens is 374 g/mol. The lowest BCUT2D eigenvalue weighted by atomic mass is 9.94. The van der Waals surface area contributed by atoms with Gasteiger partial charge in [0, 0.05) is 11.6 Å². The first-order chi connectivity index (χ1) is 14.2. The number of rotatable bonds is 7. The van der Waals surface area contributed by atoms with Crippen molar-refractivity contribution in [3.63, 3.8) is 0 Å². The van der Waals surface area contributed by atoms with Crippen LogP contribution in [0.2, 0.25) is 0 Å². The highest BCUT2D eigenvalue weighted by Crippen LogP contribution is 2.34. The molecule has 4 nitrogen and oxygen atoms in total. The topological polar surface area (TPSA) is 58.6 Å². The fourth-order valence-electron chi connectivity index (χ4n) is 3.24. The minimum Gasteiger partial charge on any atom is -0.504 e. The maximum Gasteiger partial charge on any atom is 0.247 e. The third kappa shape index (κ3) is 5.53. The molecule has 30 heavy (non-hydrogen) atoms. The van der Waals surface area contributed by atoms with Crippen molar-refractivity contribution in [2.75, 3.05) is 6.61 Å². The molecule has 1 aliphatic rings. The van der Waals surface area contributed by atoms with Crippen LogP contribution in [0.5, 0.6) is 11.5 Å². The summed E-state index contributed by atoms with van der Waals surface area (Å²) in [4.78, 5) is 12.2. The second kappa shape index (κ2) is 9.21. The number of ether oxygens (including phenoxy) is 1. The van der Waals surface area contributed by atoms with E-state index in [1.54, 1.807) is 12.1 Å². The first-order valence-electron chi connectivity index (χ1n) is 10.4. The predicted molar refractivity (Wildman–Crippen MR) is 123 cm³/mol. The Hall–Kier alpha value is -3.01. The van der Waals surface area contributed by atoms with Crippen LogP contribution in [-0.4, -0.2) is 23.7 Å². The van der Waals surface area contributed by atoms with Crippen molar-refractivity contribution in [3.8, 4) is 22.6 Å². The highest BCUT2D eigenvalue weighted by atomic mass is 16.5. The second-order valence-corrected chi connectivity index (χ2v) is 8.37. The Morgan fingerprint density at radius 3 is 2.50 bits per heavy atom. The van der Waals surface area contributed by atoms with Gasteiger partial charge in [0.2, 0.25) is 5.91 Å². The molecule has 4 heteroatoms. The number of phenols is 1. The van der Waals surface area contributed by atoms with Gasteiger partial charge in [0.05, 0.1) is 0 Å². The Morgan fingerprint density at radius 1 is 1.13 bits per heavy atom. The standard InChI is InChI=1S/C26H31NO3/c1-16(2)10-11-30-25-9-6-20(15-24(25)28)23-14-17(3)21(12-18(23)4)13-19(5)26(29)27-22-7-8-22/h6,9-10,12-15,22,28H,7-8,11H2,1-5H3,(H,27,29). The van der Waals surface area contributed by atoms with E-state index in [9.17, 15) is 9.90 Å². The van der Waals surface area contributed by atoms with Gasteiger partial charge in [-0.15, -0.1) is 0 Å². The number of aryl methyl sites for hydroxylation is 2. The normalized spacial score (nSPS) is 13.7. The van der Waals surface area contributed by atoms with Gasteiger partial charge in [-0.2, -0.15) is 0 Å². The van der Waals surface area contributed by atoms with Gasteiger partial charge in [0.1, 0.15) is 6.61 Å². The number of phenolic OH excluding ortho intramolecular Hbond substituents is 1. The van der Waals surface area contributed by atoms with Gasteiger partial charge in [0.15, 0.2) is 11.5 Å². The molecule has 1 saturated carbocycles. The summed E-state index contributed by atoms with van der Waals surface area (Å²) < 4.78 is 5.64. The van der Waals surface area contributed by atoms with Crippen molar-refractivity contribution in [1.29, 1.82) is 0 Å². The average molecular weight is 406 g/mol. The van der Waals surface area contributed by atoms with Crippen LogP contribution in [0.4, 0.5) is 0 Å². The summed E-state index contributed by atoms with van der Waals surface area (Å²) in [6.07, 6.45) is 6.08. The molecule has 3 rings (SSSR count). The largest absolute Gasteiger partial charge is 0.504 e. The van der Waals surface area contributed by atoms with E-state index < -0.39 is 0 Å². The molecule has 2 aromatic carbocycles. The molecule has 158 valence electrons. The lowest BCUT2D eigenvalue weighted by Gasteiger charge is -2.13. The van der Waals surface area contributed by atoms with Crippen molar-refractivity contribution in [2.45, 2.75) is 53.5 Å². The summed E-state index contributed by atoms with van der Waals surface area (Å²) in [6, 6.07) is 10.1. The first-order valence-corrected chi connectivity index (χ1v) is 10.4. The van der Waals surface area contributed by atoms with Crippen LogP contribution >= 0.6 is 0 Å². The van der Waals surface area contributed by atoms with Crippen LogP contribution in [-0.2, 0) is 4.79 Å². The highest BCUT2D eigenvalue weighted by Gasteiger charge is 2.23. The van der Waals surface area contributed by atoms with E-state index in [0.717, 1.165) is 40.7 Å². The van der Waals surface area contributed by atoms with Crippen LogP contribution in [0.3, 0.4) is 0 Å². The van der Waals surface area contributed by atoms with E-state index in [1.807, 2.05) is 52.8 Å². The Kier molecular flexibility index (Phi) is 6.66. The van der Waals surface area contributed by atoms with Gasteiger partial charge in [-0.05, 0) is 99.6 Å². The maximum absolute atomic E-state index is 12.2. The Balaban J connectivity index is 1.81. The second-order valence-electron chi connectivity index (χ2n) is 8.37. The van der Waals surface area contributed by atoms with E-state index in [4.69, 9.17) is 4.74 Å². The van der Waals surface area contributed by atoms with Gasteiger partial charge >= 0.3 is 0 Å². The minimum atomic E-state index is 0.00672. The van der Waals surface area contributed by atoms with Crippen molar-refractivity contribution >= 4 is 12.0 Å². The van der Waals surface area contributed by atoms with Gasteiger partial charge in [-0.25, -0.2) is 0 Å². The predicted octanol–water partition coefficient (Wildman–Crippen LogP) is 5.70. The van der Waals surface area contributed by atoms with E-state index >= 15 is 0 Å². The smallest absolute Gasteiger partial charge is 0.247 e. The molecule has 0 aliphatic heterocycles. The number of nitrogens with one attached hydrogen (secondary N) is 1. The van der Waals surface area contributed by atoms with Crippen LogP contribution in [0.1, 0.15) is 50.3 Å². The third-order valence-corrected chi connectivity index (χ3v) is 5.26. The van der Waals surface area contributed by atoms with Crippen molar-refractivity contribution in [3.05, 3.63) is 64.2 Å². The Bertz CT molecular complexity index is 1010. The number of aromatic hydroxyl groups is 1. The summed E-state index contributed by atoms with van der Waals surface area (Å²) in [7, 11) is 0. The zero-order chi connectivity index (χ0) is 21.8. The van der Waals surface area contributed by atoms with Gasteiger partial charge in [0.25, 0.3) is 0 Å². The van der Waals surface area contributed by atoms with Gasteiger partial charge in [-0.1, -0.05) is 23.8 Å². The molecule has 1 aliphatic carbocycles. The van der Waals surface area contributed by atoms with Crippen LogP contribution in [0, 0.1) is 13.8 Å². The summed E-state index contributed by atoms with van der Waals surface area (Å²) in [6.45, 7) is 10.4. The zero-order valence-electron chi connectivity index (χ0n) is 18.5.